The maximum Gasteiger partial charge on any atom is 0.311 e. The minimum Gasteiger partial charge on any atom is -0.427 e. The number of ketones is 1. The maximum absolute atomic E-state index is 13.3. The van der Waals surface area contributed by atoms with E-state index in [9.17, 15) is 14.4 Å². The van der Waals surface area contributed by atoms with Crippen LogP contribution in [-0.2, 0) is 20.8 Å². The summed E-state index contributed by atoms with van der Waals surface area (Å²) in [6.07, 6.45) is 9.70. The Hall–Kier alpha value is -2.54. The van der Waals surface area contributed by atoms with Crippen molar-refractivity contribution in [3.8, 4) is 5.75 Å². The minimum absolute atomic E-state index is 0.0160. The van der Waals surface area contributed by atoms with E-state index in [0.29, 0.717) is 53.7 Å². The van der Waals surface area contributed by atoms with E-state index in [4.69, 9.17) is 4.74 Å². The van der Waals surface area contributed by atoms with Crippen molar-refractivity contribution in [2.75, 3.05) is 5.32 Å². The molecule has 7 heteroatoms. The largest absolute Gasteiger partial charge is 0.427 e. The minimum atomic E-state index is -0.277. The number of ether oxygens (including phenoxy) is 1. The number of nitrogens with one attached hydrogen (secondary N) is 1. The lowest BCUT2D eigenvalue weighted by Gasteiger charge is -2.50. The Balaban J connectivity index is 1.28. The Labute approximate surface area is 223 Å². The molecule has 5 unspecified atom stereocenters. The molecule has 0 saturated heterocycles. The molecule has 1 aromatic carbocycles. The number of amides is 1. The fraction of sp³-hybridized carbons (Fsp3) is 0.600. The fourth-order valence-corrected chi connectivity index (χ4v) is 8.04. The van der Waals surface area contributed by atoms with Crippen LogP contribution in [0.25, 0.3) is 0 Å². The summed E-state index contributed by atoms with van der Waals surface area (Å²) in [6.45, 7) is 6.22. The molecule has 6 nitrogen and oxygen atoms in total. The molecule has 5 atom stereocenters. The van der Waals surface area contributed by atoms with Gasteiger partial charge in [-0.2, -0.15) is 0 Å². The molecule has 3 aliphatic rings. The molecule has 5 rings (SSSR count). The Morgan fingerprint density at radius 3 is 2.84 bits per heavy atom. The summed E-state index contributed by atoms with van der Waals surface area (Å²) in [7, 11) is 0. The summed E-state index contributed by atoms with van der Waals surface area (Å²) in [5.41, 5.74) is 2.37. The topological polar surface area (TPSA) is 85.4 Å². The maximum atomic E-state index is 13.3. The van der Waals surface area contributed by atoms with Crippen LogP contribution in [0.2, 0.25) is 0 Å². The highest BCUT2D eigenvalue weighted by Gasteiger charge is 2.58. The number of thiazole rings is 1. The highest BCUT2D eigenvalue weighted by atomic mass is 32.1. The number of carbonyl (C=O) groups is 3. The normalized spacial score (nSPS) is 28.2. The van der Waals surface area contributed by atoms with Crippen molar-refractivity contribution < 1.29 is 19.1 Å². The molecule has 198 valence electrons. The van der Waals surface area contributed by atoms with Gasteiger partial charge in [0.25, 0.3) is 0 Å². The predicted molar refractivity (Wildman–Crippen MR) is 145 cm³/mol. The number of anilines is 1. The number of benzene rings is 1. The Kier molecular flexibility index (Phi) is 7.53. The van der Waals surface area contributed by atoms with Gasteiger partial charge < -0.3 is 10.1 Å². The average Bonchev–Trinajstić information content (AvgIpc) is 3.40. The van der Waals surface area contributed by atoms with Crippen molar-refractivity contribution in [2.45, 2.75) is 90.9 Å². The number of hydrogen-bond donors (Lipinski definition) is 1. The molecule has 2 fully saturated rings. The molecule has 2 saturated carbocycles. The third-order valence-electron chi connectivity index (χ3n) is 9.12. The number of aryl methyl sites for hydroxylation is 2. The van der Waals surface area contributed by atoms with Crippen molar-refractivity contribution in [3.05, 3.63) is 40.4 Å². The lowest BCUT2D eigenvalue weighted by atomic mass is 9.54. The van der Waals surface area contributed by atoms with Gasteiger partial charge in [-0.3, -0.25) is 14.4 Å². The van der Waals surface area contributed by atoms with Gasteiger partial charge >= 0.3 is 5.97 Å². The highest BCUT2D eigenvalue weighted by molar-refractivity contribution is 7.15. The van der Waals surface area contributed by atoms with Gasteiger partial charge in [-0.25, -0.2) is 4.98 Å². The third kappa shape index (κ3) is 5.25. The highest BCUT2D eigenvalue weighted by Crippen LogP contribution is 2.62. The van der Waals surface area contributed by atoms with Gasteiger partial charge in [-0.05, 0) is 92.4 Å². The summed E-state index contributed by atoms with van der Waals surface area (Å²) in [4.78, 5) is 43.3. The first-order chi connectivity index (χ1) is 17.8. The molecule has 1 N–H and O–H groups in total. The molecule has 37 heavy (non-hydrogen) atoms. The Morgan fingerprint density at radius 1 is 1.24 bits per heavy atom. The molecule has 1 amide bonds. The van der Waals surface area contributed by atoms with E-state index in [2.05, 4.69) is 36.3 Å². The van der Waals surface area contributed by atoms with Crippen LogP contribution in [0.4, 0.5) is 5.13 Å². The quantitative estimate of drug-likeness (QED) is 0.311. The van der Waals surface area contributed by atoms with Gasteiger partial charge in [0.15, 0.2) is 5.13 Å². The van der Waals surface area contributed by atoms with Crippen molar-refractivity contribution in [1.29, 1.82) is 0 Å². The standard InChI is InChI=1S/C30H38N2O4S/c1-4-5-6-27(35)36-21-9-11-22-19(15-21)7-10-24-23(22)13-14-30(3)25(33)16-20(28(24)30)8-12-26(34)32-29-31-17-18(2)37-29/h9,11,15,17,20,23-24,28H,4-8,10,12-14,16H2,1-3H3,(H,31,32,34). The Morgan fingerprint density at radius 2 is 2.08 bits per heavy atom. The van der Waals surface area contributed by atoms with Crippen molar-refractivity contribution in [1.82, 2.24) is 4.98 Å². The summed E-state index contributed by atoms with van der Waals surface area (Å²) in [5, 5.41) is 3.57. The number of hydrogen-bond acceptors (Lipinski definition) is 6. The first kappa shape index (κ1) is 26.1. The molecule has 3 aliphatic carbocycles. The number of esters is 1. The molecule has 2 aromatic rings. The second kappa shape index (κ2) is 10.7. The molecule has 0 spiro atoms. The molecule has 0 bridgehead atoms. The van der Waals surface area contributed by atoms with Crippen LogP contribution < -0.4 is 10.1 Å². The van der Waals surface area contributed by atoms with Crippen molar-refractivity contribution >= 4 is 34.1 Å². The van der Waals surface area contributed by atoms with Crippen LogP contribution in [0.1, 0.15) is 93.6 Å². The van der Waals surface area contributed by atoms with Crippen LogP contribution in [0, 0.1) is 30.1 Å². The van der Waals surface area contributed by atoms with E-state index in [0.717, 1.165) is 49.8 Å². The van der Waals surface area contributed by atoms with E-state index >= 15 is 0 Å². The third-order valence-corrected chi connectivity index (χ3v) is 9.95. The smallest absolute Gasteiger partial charge is 0.311 e. The summed E-state index contributed by atoms with van der Waals surface area (Å²) >= 11 is 1.48. The number of aromatic nitrogens is 1. The van der Waals surface area contributed by atoms with Crippen LogP contribution in [-0.4, -0.2) is 22.6 Å². The summed E-state index contributed by atoms with van der Waals surface area (Å²) < 4.78 is 5.61. The lowest BCUT2D eigenvalue weighted by molar-refractivity contribution is -0.134. The van der Waals surface area contributed by atoms with Gasteiger partial charge in [0, 0.05) is 35.8 Å². The summed E-state index contributed by atoms with van der Waals surface area (Å²) in [6, 6.07) is 6.17. The zero-order valence-corrected chi connectivity index (χ0v) is 23.0. The monoisotopic (exact) mass is 522 g/mol. The van der Waals surface area contributed by atoms with Crippen LogP contribution in [0.5, 0.6) is 5.75 Å². The summed E-state index contributed by atoms with van der Waals surface area (Å²) in [5.74, 6) is 2.29. The fourth-order valence-electron chi connectivity index (χ4n) is 7.36. The number of Topliss-reactive ketones (excluding diaryl/α,β-unsaturated/α-hetero) is 1. The van der Waals surface area contributed by atoms with E-state index in [-0.39, 0.29) is 23.2 Å². The molecule has 1 aromatic heterocycles. The number of rotatable bonds is 8. The van der Waals surface area contributed by atoms with Crippen LogP contribution in [0.3, 0.4) is 0 Å². The number of fused-ring (bicyclic) bond motifs is 5. The van der Waals surface area contributed by atoms with E-state index in [1.54, 1.807) is 6.20 Å². The SMILES string of the molecule is CCCCC(=O)Oc1ccc2c(c1)CCC1C2CCC2(C)C(=O)CC(CCC(=O)Nc3ncc(C)s3)C12. The molecule has 0 radical (unpaired) electrons. The van der Waals surface area contributed by atoms with E-state index in [1.807, 2.05) is 13.0 Å². The first-order valence-corrected chi connectivity index (χ1v) is 14.7. The van der Waals surface area contributed by atoms with Gasteiger partial charge in [0.05, 0.1) is 0 Å². The molecule has 1 heterocycles. The van der Waals surface area contributed by atoms with Gasteiger partial charge in [0.1, 0.15) is 11.5 Å². The Bertz CT molecular complexity index is 1190. The average molecular weight is 523 g/mol. The zero-order chi connectivity index (χ0) is 26.2. The van der Waals surface area contributed by atoms with Crippen molar-refractivity contribution in [2.24, 2.45) is 23.2 Å². The molecular formula is C30H38N2O4S. The van der Waals surface area contributed by atoms with E-state index < -0.39 is 0 Å². The second-order valence-electron chi connectivity index (χ2n) is 11.5. The zero-order valence-electron chi connectivity index (χ0n) is 22.2. The van der Waals surface area contributed by atoms with Gasteiger partial charge in [-0.15, -0.1) is 11.3 Å². The first-order valence-electron chi connectivity index (χ1n) is 13.9. The van der Waals surface area contributed by atoms with Gasteiger partial charge in [0.2, 0.25) is 5.91 Å². The van der Waals surface area contributed by atoms with Gasteiger partial charge in [-0.1, -0.05) is 26.3 Å². The number of nitrogens with zero attached hydrogens (tertiary/aromatic N) is 1. The number of carbonyl (C=O) groups excluding carboxylic acids is 3. The second-order valence-corrected chi connectivity index (χ2v) is 12.7. The van der Waals surface area contributed by atoms with Crippen molar-refractivity contribution in [3.63, 3.8) is 0 Å². The van der Waals surface area contributed by atoms with Crippen LogP contribution >= 0.6 is 11.3 Å². The predicted octanol–water partition coefficient (Wildman–Crippen LogP) is 6.62. The molecule has 0 aliphatic heterocycles. The van der Waals surface area contributed by atoms with E-state index in [1.165, 1.54) is 22.5 Å². The molecular weight excluding hydrogens is 484 g/mol. The number of unbranched alkanes of at least 4 members (excludes halogenated alkanes) is 1. The van der Waals surface area contributed by atoms with Crippen LogP contribution in [0.15, 0.2) is 24.4 Å². The lowest BCUT2D eigenvalue weighted by Crippen LogP contribution is -2.44.